The summed E-state index contributed by atoms with van der Waals surface area (Å²) in [4.78, 5) is 25.3. The van der Waals surface area contributed by atoms with Crippen LogP contribution in [0.3, 0.4) is 0 Å². The fourth-order valence-electron chi connectivity index (χ4n) is 2.10. The maximum Gasteiger partial charge on any atom is 0.410 e. The highest BCUT2D eigenvalue weighted by Crippen LogP contribution is 2.20. The first-order chi connectivity index (χ1) is 8.83. The molecular weight excluding hydrogens is 246 g/mol. The molecule has 0 bridgehead atoms. The second-order valence-corrected chi connectivity index (χ2v) is 5.85. The molecule has 0 aromatic rings. The molecule has 0 N–H and O–H groups in total. The molecule has 1 atom stereocenters. The molecule has 1 fully saturated rings. The minimum atomic E-state index is -0.482. The monoisotopic (exact) mass is 271 g/mol. The Morgan fingerprint density at radius 1 is 1.21 bits per heavy atom. The molecule has 0 aromatic carbocycles. The summed E-state index contributed by atoms with van der Waals surface area (Å²) in [6.07, 6.45) is 1.94. The van der Waals surface area contributed by atoms with E-state index in [1.165, 1.54) is 0 Å². The summed E-state index contributed by atoms with van der Waals surface area (Å²) in [7, 11) is 0. The van der Waals surface area contributed by atoms with E-state index in [1.807, 2.05) is 27.7 Å². The van der Waals surface area contributed by atoms with Crippen LogP contribution in [0.25, 0.3) is 0 Å². The van der Waals surface area contributed by atoms with E-state index in [4.69, 9.17) is 9.47 Å². The van der Waals surface area contributed by atoms with E-state index in [9.17, 15) is 9.59 Å². The van der Waals surface area contributed by atoms with Gasteiger partial charge in [0.15, 0.2) is 0 Å². The fourth-order valence-corrected chi connectivity index (χ4v) is 2.10. The molecule has 1 unspecified atom stereocenters. The molecule has 1 aliphatic rings. The number of likely N-dealkylation sites (tertiary alicyclic amines) is 1. The van der Waals surface area contributed by atoms with Gasteiger partial charge in [0.1, 0.15) is 5.60 Å². The maximum atomic E-state index is 12.0. The molecule has 0 radical (unpaired) electrons. The van der Waals surface area contributed by atoms with Crippen LogP contribution in [0.4, 0.5) is 4.79 Å². The average Bonchev–Trinajstić information content (AvgIpc) is 2.52. The van der Waals surface area contributed by atoms with Gasteiger partial charge in [-0.2, -0.15) is 0 Å². The number of rotatable bonds is 2. The third-order valence-electron chi connectivity index (χ3n) is 3.00. The number of amides is 1. The second-order valence-electron chi connectivity index (χ2n) is 5.85. The van der Waals surface area contributed by atoms with E-state index < -0.39 is 5.60 Å². The van der Waals surface area contributed by atoms with Crippen LogP contribution in [0.15, 0.2) is 0 Å². The molecule has 1 amide bonds. The Balaban J connectivity index is 2.50. The van der Waals surface area contributed by atoms with E-state index >= 15 is 0 Å². The number of carbonyl (C=O) groups is 2. The molecular formula is C14H25NO4. The average molecular weight is 271 g/mol. The zero-order chi connectivity index (χ0) is 14.5. The van der Waals surface area contributed by atoms with E-state index in [0.29, 0.717) is 26.1 Å². The van der Waals surface area contributed by atoms with Crippen molar-refractivity contribution in [2.75, 3.05) is 19.7 Å². The summed E-state index contributed by atoms with van der Waals surface area (Å²) in [5, 5.41) is 0. The fraction of sp³-hybridized carbons (Fsp3) is 0.857. The van der Waals surface area contributed by atoms with Gasteiger partial charge in [0.05, 0.1) is 12.5 Å². The van der Waals surface area contributed by atoms with Crippen molar-refractivity contribution in [2.45, 2.75) is 52.6 Å². The van der Waals surface area contributed by atoms with Crippen molar-refractivity contribution in [3.8, 4) is 0 Å². The lowest BCUT2D eigenvalue weighted by Gasteiger charge is -2.26. The molecule has 1 aliphatic heterocycles. The highest BCUT2D eigenvalue weighted by molar-refractivity contribution is 5.73. The first-order valence-corrected chi connectivity index (χ1v) is 6.98. The van der Waals surface area contributed by atoms with Crippen molar-refractivity contribution >= 4 is 12.1 Å². The summed E-state index contributed by atoms with van der Waals surface area (Å²) < 4.78 is 10.4. The van der Waals surface area contributed by atoms with E-state index in [-0.39, 0.29) is 18.0 Å². The lowest BCUT2D eigenvalue weighted by Crippen LogP contribution is -2.37. The zero-order valence-electron chi connectivity index (χ0n) is 12.4. The molecule has 1 saturated heterocycles. The van der Waals surface area contributed by atoms with Crippen molar-refractivity contribution in [1.29, 1.82) is 0 Å². The standard InChI is InChI=1S/C14H25NO4/c1-5-18-12(16)11-7-6-9-15(10-8-11)13(17)19-14(2,3)4/h11H,5-10H2,1-4H3. The summed E-state index contributed by atoms with van der Waals surface area (Å²) in [6.45, 7) is 8.97. The first-order valence-electron chi connectivity index (χ1n) is 6.98. The van der Waals surface area contributed by atoms with Crippen molar-refractivity contribution in [3.05, 3.63) is 0 Å². The first kappa shape index (κ1) is 15.8. The van der Waals surface area contributed by atoms with Crippen LogP contribution in [0, 0.1) is 5.92 Å². The number of hydrogen-bond acceptors (Lipinski definition) is 4. The van der Waals surface area contributed by atoms with E-state index in [1.54, 1.807) is 4.90 Å². The van der Waals surface area contributed by atoms with Crippen molar-refractivity contribution in [1.82, 2.24) is 4.90 Å². The van der Waals surface area contributed by atoms with Crippen LogP contribution in [0.5, 0.6) is 0 Å². The van der Waals surface area contributed by atoms with Gasteiger partial charge < -0.3 is 14.4 Å². The highest BCUT2D eigenvalue weighted by atomic mass is 16.6. The largest absolute Gasteiger partial charge is 0.466 e. The third kappa shape index (κ3) is 5.49. The molecule has 0 saturated carbocycles. The molecule has 5 nitrogen and oxygen atoms in total. The lowest BCUT2D eigenvalue weighted by atomic mass is 10.0. The number of esters is 1. The summed E-state index contributed by atoms with van der Waals surface area (Å²) >= 11 is 0. The molecule has 1 heterocycles. The van der Waals surface area contributed by atoms with Crippen LogP contribution >= 0.6 is 0 Å². The summed E-state index contributed by atoms with van der Waals surface area (Å²) in [6, 6.07) is 0. The van der Waals surface area contributed by atoms with E-state index in [2.05, 4.69) is 0 Å². The number of carbonyl (C=O) groups excluding carboxylic acids is 2. The predicted molar refractivity (Wildman–Crippen MR) is 71.8 cm³/mol. The van der Waals surface area contributed by atoms with Gasteiger partial charge in [-0.3, -0.25) is 4.79 Å². The minimum Gasteiger partial charge on any atom is -0.466 e. The number of ether oxygens (including phenoxy) is 2. The molecule has 1 rings (SSSR count). The van der Waals surface area contributed by atoms with Crippen LogP contribution in [-0.2, 0) is 14.3 Å². The van der Waals surface area contributed by atoms with Gasteiger partial charge >= 0.3 is 12.1 Å². The summed E-state index contributed by atoms with van der Waals surface area (Å²) in [5.74, 6) is -0.235. The zero-order valence-corrected chi connectivity index (χ0v) is 12.4. The Morgan fingerprint density at radius 2 is 1.89 bits per heavy atom. The van der Waals surface area contributed by atoms with Crippen LogP contribution in [0.2, 0.25) is 0 Å². The van der Waals surface area contributed by atoms with Gasteiger partial charge in [-0.05, 0) is 47.0 Å². The van der Waals surface area contributed by atoms with Gasteiger partial charge in [0.2, 0.25) is 0 Å². The second kappa shape index (κ2) is 6.78. The topological polar surface area (TPSA) is 55.8 Å². The van der Waals surface area contributed by atoms with E-state index in [0.717, 1.165) is 12.8 Å². The van der Waals surface area contributed by atoms with Crippen molar-refractivity contribution in [2.24, 2.45) is 5.92 Å². The Bertz CT molecular complexity index is 322. The highest BCUT2D eigenvalue weighted by Gasteiger charge is 2.28. The number of nitrogens with zero attached hydrogens (tertiary/aromatic N) is 1. The van der Waals surface area contributed by atoms with Crippen molar-refractivity contribution < 1.29 is 19.1 Å². The Labute approximate surface area is 115 Å². The maximum absolute atomic E-state index is 12.0. The molecule has 5 heteroatoms. The van der Waals surface area contributed by atoms with Gasteiger partial charge in [-0.1, -0.05) is 0 Å². The van der Waals surface area contributed by atoms with Gasteiger partial charge in [0, 0.05) is 13.1 Å². The normalized spacial score (nSPS) is 20.6. The van der Waals surface area contributed by atoms with Gasteiger partial charge in [-0.25, -0.2) is 4.79 Å². The minimum absolute atomic E-state index is 0.0904. The SMILES string of the molecule is CCOC(=O)C1CCCN(C(=O)OC(C)(C)C)CC1. The number of hydrogen-bond donors (Lipinski definition) is 0. The van der Waals surface area contributed by atoms with Gasteiger partial charge in [0.25, 0.3) is 0 Å². The van der Waals surface area contributed by atoms with Crippen LogP contribution in [0.1, 0.15) is 47.0 Å². The van der Waals surface area contributed by atoms with Crippen LogP contribution < -0.4 is 0 Å². The van der Waals surface area contributed by atoms with Gasteiger partial charge in [-0.15, -0.1) is 0 Å². The predicted octanol–water partition coefficient (Wildman–Crippen LogP) is 2.59. The molecule has 110 valence electrons. The smallest absolute Gasteiger partial charge is 0.410 e. The molecule has 0 spiro atoms. The molecule has 0 aliphatic carbocycles. The molecule has 0 aromatic heterocycles. The Morgan fingerprint density at radius 3 is 2.47 bits per heavy atom. The van der Waals surface area contributed by atoms with Crippen molar-refractivity contribution in [3.63, 3.8) is 0 Å². The molecule has 19 heavy (non-hydrogen) atoms. The lowest BCUT2D eigenvalue weighted by molar-refractivity contribution is -0.148. The quantitative estimate of drug-likeness (QED) is 0.724. The third-order valence-corrected chi connectivity index (χ3v) is 3.00. The Kier molecular flexibility index (Phi) is 5.63. The Hall–Kier alpha value is -1.26. The van der Waals surface area contributed by atoms with Crippen LogP contribution in [-0.4, -0.2) is 42.3 Å². The summed E-state index contributed by atoms with van der Waals surface area (Å²) in [5.41, 5.74) is -0.482.